The highest BCUT2D eigenvalue weighted by molar-refractivity contribution is 5.36. The Bertz CT molecular complexity index is 370. The van der Waals surface area contributed by atoms with Gasteiger partial charge in [0.2, 0.25) is 0 Å². The molecule has 0 aliphatic carbocycles. The fourth-order valence-electron chi connectivity index (χ4n) is 2.08. The van der Waals surface area contributed by atoms with E-state index in [1.807, 2.05) is 13.0 Å². The lowest BCUT2D eigenvalue weighted by atomic mass is 10.1. The van der Waals surface area contributed by atoms with Crippen molar-refractivity contribution >= 4 is 5.82 Å². The summed E-state index contributed by atoms with van der Waals surface area (Å²) in [5.41, 5.74) is 1.04. The van der Waals surface area contributed by atoms with Crippen LogP contribution in [0.3, 0.4) is 0 Å². The van der Waals surface area contributed by atoms with Crippen molar-refractivity contribution in [3.05, 3.63) is 17.6 Å². The molecule has 1 fully saturated rings. The number of hydrogen-bond acceptors (Lipinski definition) is 4. The second kappa shape index (κ2) is 5.45. The van der Waals surface area contributed by atoms with Gasteiger partial charge < -0.3 is 10.6 Å². The van der Waals surface area contributed by atoms with Crippen LogP contribution in [-0.4, -0.2) is 29.6 Å². The molecule has 4 heteroatoms. The fourth-order valence-corrected chi connectivity index (χ4v) is 2.08. The second-order valence-electron chi connectivity index (χ2n) is 5.15. The van der Waals surface area contributed by atoms with E-state index in [-0.39, 0.29) is 0 Å². The summed E-state index contributed by atoms with van der Waals surface area (Å²) in [6.45, 7) is 9.54. The van der Waals surface area contributed by atoms with Gasteiger partial charge in [0.15, 0.2) is 0 Å². The van der Waals surface area contributed by atoms with Crippen molar-refractivity contribution in [2.75, 3.05) is 25.0 Å². The van der Waals surface area contributed by atoms with Gasteiger partial charge in [-0.1, -0.05) is 13.8 Å². The molecule has 2 rings (SSSR count). The molecular weight excluding hydrogens is 212 g/mol. The summed E-state index contributed by atoms with van der Waals surface area (Å²) in [5.74, 6) is 3.00. The van der Waals surface area contributed by atoms with Crippen molar-refractivity contribution < 1.29 is 0 Å². The Balaban J connectivity index is 1.99. The first-order chi connectivity index (χ1) is 8.15. The normalized spacial score (nSPS) is 19.9. The smallest absolute Gasteiger partial charge is 0.133 e. The number of aryl methyl sites for hydroxylation is 1. The predicted molar refractivity (Wildman–Crippen MR) is 70.3 cm³/mol. The molecular formula is C13H22N4. The average Bonchev–Trinajstić information content (AvgIpc) is 2.78. The lowest BCUT2D eigenvalue weighted by Gasteiger charge is -2.13. The number of nitrogens with zero attached hydrogens (tertiary/aromatic N) is 2. The Labute approximate surface area is 103 Å². The van der Waals surface area contributed by atoms with Crippen molar-refractivity contribution in [3.63, 3.8) is 0 Å². The van der Waals surface area contributed by atoms with Crippen LogP contribution in [-0.2, 0) is 0 Å². The van der Waals surface area contributed by atoms with Gasteiger partial charge in [-0.15, -0.1) is 0 Å². The minimum absolute atomic E-state index is 0.378. The van der Waals surface area contributed by atoms with E-state index in [9.17, 15) is 0 Å². The molecule has 1 aromatic heterocycles. The van der Waals surface area contributed by atoms with Crippen molar-refractivity contribution in [2.45, 2.75) is 33.1 Å². The van der Waals surface area contributed by atoms with Crippen LogP contribution >= 0.6 is 0 Å². The molecule has 2 N–H and O–H groups in total. The molecule has 1 atom stereocenters. The summed E-state index contributed by atoms with van der Waals surface area (Å²) >= 11 is 0. The largest absolute Gasteiger partial charge is 0.370 e. The van der Waals surface area contributed by atoms with Crippen molar-refractivity contribution in [3.8, 4) is 0 Å². The number of nitrogens with one attached hydrogen (secondary N) is 2. The van der Waals surface area contributed by atoms with Gasteiger partial charge in [0, 0.05) is 24.2 Å². The van der Waals surface area contributed by atoms with E-state index in [1.165, 1.54) is 6.42 Å². The average molecular weight is 234 g/mol. The molecule has 2 heterocycles. The van der Waals surface area contributed by atoms with Crippen LogP contribution in [0.25, 0.3) is 0 Å². The van der Waals surface area contributed by atoms with Crippen LogP contribution < -0.4 is 10.6 Å². The number of anilines is 1. The van der Waals surface area contributed by atoms with Crippen LogP contribution in [0.15, 0.2) is 6.07 Å². The third kappa shape index (κ3) is 3.40. The van der Waals surface area contributed by atoms with Crippen LogP contribution in [0, 0.1) is 12.8 Å². The minimum atomic E-state index is 0.378. The molecule has 4 nitrogen and oxygen atoms in total. The number of aromatic nitrogens is 2. The molecule has 1 aliphatic heterocycles. The summed E-state index contributed by atoms with van der Waals surface area (Å²) in [6.07, 6.45) is 1.26. The van der Waals surface area contributed by atoms with Gasteiger partial charge >= 0.3 is 0 Å². The summed E-state index contributed by atoms with van der Waals surface area (Å²) in [4.78, 5) is 9.00. The van der Waals surface area contributed by atoms with E-state index in [4.69, 9.17) is 0 Å². The molecule has 0 spiro atoms. The lowest BCUT2D eigenvalue weighted by Crippen LogP contribution is -2.18. The van der Waals surface area contributed by atoms with E-state index in [1.54, 1.807) is 0 Å². The Morgan fingerprint density at radius 1 is 1.47 bits per heavy atom. The number of rotatable bonds is 4. The zero-order chi connectivity index (χ0) is 12.3. The zero-order valence-corrected chi connectivity index (χ0v) is 11.0. The van der Waals surface area contributed by atoms with Crippen LogP contribution in [0.5, 0.6) is 0 Å². The summed E-state index contributed by atoms with van der Waals surface area (Å²) in [6, 6.07) is 2.02. The van der Waals surface area contributed by atoms with Crippen molar-refractivity contribution in [1.29, 1.82) is 0 Å². The highest BCUT2D eigenvalue weighted by Crippen LogP contribution is 2.15. The van der Waals surface area contributed by atoms with Gasteiger partial charge in [-0.3, -0.25) is 0 Å². The monoisotopic (exact) mass is 234 g/mol. The van der Waals surface area contributed by atoms with Gasteiger partial charge in [0.1, 0.15) is 11.6 Å². The quantitative estimate of drug-likeness (QED) is 0.836. The van der Waals surface area contributed by atoms with Crippen molar-refractivity contribution in [1.82, 2.24) is 15.3 Å². The summed E-state index contributed by atoms with van der Waals surface area (Å²) < 4.78 is 0. The maximum Gasteiger partial charge on any atom is 0.133 e. The van der Waals surface area contributed by atoms with E-state index >= 15 is 0 Å². The molecule has 17 heavy (non-hydrogen) atoms. The maximum atomic E-state index is 4.55. The highest BCUT2D eigenvalue weighted by atomic mass is 15.0. The Hall–Kier alpha value is -1.16. The lowest BCUT2D eigenvalue weighted by molar-refractivity contribution is 0.613. The first-order valence-electron chi connectivity index (χ1n) is 6.45. The maximum absolute atomic E-state index is 4.55. The minimum Gasteiger partial charge on any atom is -0.370 e. The fraction of sp³-hybridized carbons (Fsp3) is 0.692. The standard InChI is InChI=1S/C13H22N4/c1-9(2)13-16-10(3)6-12(17-13)15-8-11-4-5-14-7-11/h6,9,11,14H,4-5,7-8H2,1-3H3,(H,15,16,17). The van der Waals surface area contributed by atoms with Crippen LogP contribution in [0.2, 0.25) is 0 Å². The van der Waals surface area contributed by atoms with Gasteiger partial charge in [-0.25, -0.2) is 9.97 Å². The van der Waals surface area contributed by atoms with E-state index in [0.29, 0.717) is 5.92 Å². The Morgan fingerprint density at radius 3 is 2.94 bits per heavy atom. The van der Waals surface area contributed by atoms with Gasteiger partial charge in [-0.05, 0) is 32.4 Å². The second-order valence-corrected chi connectivity index (χ2v) is 5.15. The van der Waals surface area contributed by atoms with E-state index in [0.717, 1.165) is 42.9 Å². The third-order valence-electron chi connectivity index (χ3n) is 3.12. The first-order valence-corrected chi connectivity index (χ1v) is 6.45. The molecule has 0 saturated carbocycles. The topological polar surface area (TPSA) is 49.8 Å². The molecule has 94 valence electrons. The molecule has 1 unspecified atom stereocenters. The number of hydrogen-bond donors (Lipinski definition) is 2. The van der Waals surface area contributed by atoms with Crippen LogP contribution in [0.4, 0.5) is 5.82 Å². The third-order valence-corrected chi connectivity index (χ3v) is 3.12. The predicted octanol–water partition coefficient (Wildman–Crippen LogP) is 1.93. The summed E-state index contributed by atoms with van der Waals surface area (Å²) in [7, 11) is 0. The first kappa shape index (κ1) is 12.3. The Morgan fingerprint density at radius 2 is 2.29 bits per heavy atom. The molecule has 1 aromatic rings. The molecule has 1 saturated heterocycles. The van der Waals surface area contributed by atoms with Crippen molar-refractivity contribution in [2.24, 2.45) is 5.92 Å². The molecule has 0 radical (unpaired) electrons. The molecule has 0 aromatic carbocycles. The van der Waals surface area contributed by atoms with Gasteiger partial charge in [0.25, 0.3) is 0 Å². The zero-order valence-electron chi connectivity index (χ0n) is 11.0. The Kier molecular flexibility index (Phi) is 3.94. The van der Waals surface area contributed by atoms with Crippen LogP contribution in [0.1, 0.15) is 37.7 Å². The highest BCUT2D eigenvalue weighted by Gasteiger charge is 2.14. The van der Waals surface area contributed by atoms with Gasteiger partial charge in [0.05, 0.1) is 0 Å². The van der Waals surface area contributed by atoms with E-state index in [2.05, 4.69) is 34.4 Å². The molecule has 0 bridgehead atoms. The molecule has 0 amide bonds. The van der Waals surface area contributed by atoms with Gasteiger partial charge in [-0.2, -0.15) is 0 Å². The summed E-state index contributed by atoms with van der Waals surface area (Å²) in [5, 5.41) is 6.81. The molecule has 1 aliphatic rings. The van der Waals surface area contributed by atoms with E-state index < -0.39 is 0 Å². The SMILES string of the molecule is Cc1cc(NCC2CCNC2)nc(C(C)C)n1.